The molecule has 2 aromatic carbocycles. The summed E-state index contributed by atoms with van der Waals surface area (Å²) in [5.41, 5.74) is 4.28. The lowest BCUT2D eigenvalue weighted by Gasteiger charge is -2.11. The fraction of sp³-hybridized carbons (Fsp3) is 0.0526. The highest BCUT2D eigenvalue weighted by Crippen LogP contribution is 2.35. The van der Waals surface area contributed by atoms with Crippen molar-refractivity contribution in [1.29, 1.82) is 0 Å². The summed E-state index contributed by atoms with van der Waals surface area (Å²) in [6.07, 6.45) is 2.97. The Morgan fingerprint density at radius 3 is 2.50 bits per heavy atom. The van der Waals surface area contributed by atoms with E-state index >= 15 is 0 Å². The van der Waals surface area contributed by atoms with Crippen molar-refractivity contribution in [3.05, 3.63) is 86.7 Å². The first-order valence-electron chi connectivity index (χ1n) is 7.66. The number of furan rings is 1. The van der Waals surface area contributed by atoms with Gasteiger partial charge >= 0.3 is 5.91 Å². The van der Waals surface area contributed by atoms with Gasteiger partial charge in [0.05, 0.1) is 21.4 Å². The van der Waals surface area contributed by atoms with E-state index in [1.54, 1.807) is 12.1 Å². The quantitative estimate of drug-likeness (QED) is 0.394. The van der Waals surface area contributed by atoms with Crippen LogP contribution >= 0.6 is 31.9 Å². The smallest absolute Gasteiger partial charge is 0.307 e. The molecule has 0 bridgehead atoms. The van der Waals surface area contributed by atoms with Gasteiger partial charge in [-0.1, -0.05) is 30.3 Å². The van der Waals surface area contributed by atoms with Gasteiger partial charge in [0.25, 0.3) is 0 Å². The summed E-state index contributed by atoms with van der Waals surface area (Å²) in [5, 5.41) is 3.94. The number of hydrogen-bond donors (Lipinski definition) is 1. The molecule has 5 nitrogen and oxygen atoms in total. The zero-order valence-electron chi connectivity index (χ0n) is 13.5. The van der Waals surface area contributed by atoms with Crippen molar-refractivity contribution in [3.8, 4) is 5.75 Å². The molecule has 26 heavy (non-hydrogen) atoms. The average Bonchev–Trinajstić information content (AvgIpc) is 3.16. The highest BCUT2D eigenvalue weighted by molar-refractivity contribution is 9.11. The second-order valence-corrected chi connectivity index (χ2v) is 6.97. The van der Waals surface area contributed by atoms with Crippen molar-refractivity contribution in [2.24, 2.45) is 5.10 Å². The molecule has 132 valence electrons. The zero-order valence-corrected chi connectivity index (χ0v) is 16.7. The Kier molecular flexibility index (Phi) is 6.25. The molecule has 3 rings (SSSR count). The number of amides is 1. The molecule has 0 aliphatic heterocycles. The zero-order chi connectivity index (χ0) is 18.4. The summed E-state index contributed by atoms with van der Waals surface area (Å²) < 4.78 is 12.4. The van der Waals surface area contributed by atoms with Crippen LogP contribution in [0.3, 0.4) is 0 Å². The maximum atomic E-state index is 11.7. The van der Waals surface area contributed by atoms with Gasteiger partial charge in [-0.25, -0.2) is 5.43 Å². The van der Waals surface area contributed by atoms with E-state index in [0.717, 1.165) is 20.1 Å². The van der Waals surface area contributed by atoms with Crippen LogP contribution in [0.4, 0.5) is 0 Å². The van der Waals surface area contributed by atoms with E-state index in [0.29, 0.717) is 12.4 Å². The molecule has 0 aliphatic rings. The van der Waals surface area contributed by atoms with Crippen LogP contribution < -0.4 is 10.2 Å². The lowest BCUT2D eigenvalue weighted by atomic mass is 10.2. The van der Waals surface area contributed by atoms with Gasteiger partial charge in [0.2, 0.25) is 0 Å². The van der Waals surface area contributed by atoms with Gasteiger partial charge in [0, 0.05) is 0 Å². The Morgan fingerprint density at radius 1 is 1.12 bits per heavy atom. The van der Waals surface area contributed by atoms with Gasteiger partial charge in [-0.3, -0.25) is 4.79 Å². The summed E-state index contributed by atoms with van der Waals surface area (Å²) in [7, 11) is 0. The van der Waals surface area contributed by atoms with E-state index in [9.17, 15) is 4.79 Å². The molecule has 7 heteroatoms. The number of ether oxygens (including phenoxy) is 1. The molecule has 1 heterocycles. The van der Waals surface area contributed by atoms with Crippen molar-refractivity contribution in [1.82, 2.24) is 5.43 Å². The minimum absolute atomic E-state index is 0.203. The minimum Gasteiger partial charge on any atom is -0.487 e. The van der Waals surface area contributed by atoms with Crippen LogP contribution in [0.25, 0.3) is 0 Å². The van der Waals surface area contributed by atoms with Crippen molar-refractivity contribution in [2.45, 2.75) is 6.61 Å². The molecule has 0 radical (unpaired) electrons. The monoisotopic (exact) mass is 476 g/mol. The first kappa shape index (κ1) is 18.4. The van der Waals surface area contributed by atoms with Crippen LogP contribution in [0.1, 0.15) is 21.7 Å². The van der Waals surface area contributed by atoms with E-state index in [1.807, 2.05) is 42.5 Å². The molecule has 0 fully saturated rings. The Morgan fingerprint density at radius 2 is 1.85 bits per heavy atom. The highest BCUT2D eigenvalue weighted by atomic mass is 79.9. The van der Waals surface area contributed by atoms with E-state index in [-0.39, 0.29) is 5.76 Å². The van der Waals surface area contributed by atoms with E-state index in [2.05, 4.69) is 42.4 Å². The molecule has 0 saturated carbocycles. The molecular weight excluding hydrogens is 464 g/mol. The van der Waals surface area contributed by atoms with Crippen LogP contribution in [-0.2, 0) is 6.61 Å². The SMILES string of the molecule is O=C(N/N=C\c1cc(Br)c(OCc2ccccc2)c(Br)c1)c1ccco1. The number of halogens is 2. The van der Waals surface area contributed by atoms with Gasteiger partial charge in [0.15, 0.2) is 5.76 Å². The molecule has 1 aromatic heterocycles. The summed E-state index contributed by atoms with van der Waals surface area (Å²) >= 11 is 7.01. The molecule has 1 amide bonds. The number of carbonyl (C=O) groups excluding carboxylic acids is 1. The second kappa shape index (κ2) is 8.82. The molecule has 0 saturated heterocycles. The number of hydrogen-bond acceptors (Lipinski definition) is 4. The number of nitrogens with one attached hydrogen (secondary N) is 1. The van der Waals surface area contributed by atoms with Crippen molar-refractivity contribution in [3.63, 3.8) is 0 Å². The van der Waals surface area contributed by atoms with Crippen LogP contribution in [0.5, 0.6) is 5.75 Å². The topological polar surface area (TPSA) is 63.8 Å². The molecule has 0 unspecified atom stereocenters. The van der Waals surface area contributed by atoms with Crippen LogP contribution in [0.2, 0.25) is 0 Å². The van der Waals surface area contributed by atoms with Crippen LogP contribution in [0.15, 0.2) is 79.3 Å². The summed E-state index contributed by atoms with van der Waals surface area (Å²) in [6, 6.07) is 16.8. The van der Waals surface area contributed by atoms with Crippen LogP contribution in [0, 0.1) is 0 Å². The standard InChI is InChI=1S/C19H14Br2N2O3/c20-15-9-14(11-22-23-19(24)17-7-4-8-25-17)10-16(21)18(15)26-12-13-5-2-1-3-6-13/h1-11H,12H2,(H,23,24)/b22-11-. The number of rotatable bonds is 6. The molecule has 0 atom stereocenters. The molecule has 0 spiro atoms. The Balaban J connectivity index is 1.64. The van der Waals surface area contributed by atoms with E-state index < -0.39 is 5.91 Å². The highest BCUT2D eigenvalue weighted by Gasteiger charge is 2.09. The number of benzene rings is 2. The number of carbonyl (C=O) groups is 1. The van der Waals surface area contributed by atoms with Crippen molar-refractivity contribution < 1.29 is 13.9 Å². The third-order valence-corrected chi connectivity index (χ3v) is 4.55. The molecule has 1 N–H and O–H groups in total. The maximum Gasteiger partial charge on any atom is 0.307 e. The predicted octanol–water partition coefficient (Wildman–Crippen LogP) is 5.15. The summed E-state index contributed by atoms with van der Waals surface area (Å²) in [4.78, 5) is 11.7. The fourth-order valence-electron chi connectivity index (χ4n) is 2.15. The maximum absolute atomic E-state index is 11.7. The van der Waals surface area contributed by atoms with Crippen molar-refractivity contribution >= 4 is 44.0 Å². The second-order valence-electron chi connectivity index (χ2n) is 5.26. The van der Waals surface area contributed by atoms with Gasteiger partial charge in [-0.15, -0.1) is 0 Å². The van der Waals surface area contributed by atoms with Gasteiger partial charge < -0.3 is 9.15 Å². The number of hydrazone groups is 1. The lowest BCUT2D eigenvalue weighted by Crippen LogP contribution is -2.16. The average molecular weight is 478 g/mol. The Hall–Kier alpha value is -2.38. The minimum atomic E-state index is -0.410. The van der Waals surface area contributed by atoms with Crippen LogP contribution in [-0.4, -0.2) is 12.1 Å². The first-order chi connectivity index (χ1) is 12.6. The third kappa shape index (κ3) is 4.83. The van der Waals surface area contributed by atoms with Gasteiger partial charge in [-0.2, -0.15) is 5.10 Å². The Labute approximate surface area is 167 Å². The van der Waals surface area contributed by atoms with Gasteiger partial charge in [0.1, 0.15) is 12.4 Å². The largest absolute Gasteiger partial charge is 0.487 e. The predicted molar refractivity (Wildman–Crippen MR) is 106 cm³/mol. The van der Waals surface area contributed by atoms with E-state index in [1.165, 1.54) is 12.5 Å². The number of nitrogens with zero attached hydrogens (tertiary/aromatic N) is 1. The Bertz CT molecular complexity index is 887. The lowest BCUT2D eigenvalue weighted by molar-refractivity contribution is 0.0927. The first-order valence-corrected chi connectivity index (χ1v) is 9.25. The van der Waals surface area contributed by atoms with Gasteiger partial charge in [-0.05, 0) is 67.3 Å². The molecule has 0 aliphatic carbocycles. The third-order valence-electron chi connectivity index (χ3n) is 3.37. The van der Waals surface area contributed by atoms with Crippen molar-refractivity contribution in [2.75, 3.05) is 0 Å². The molecular formula is C19H14Br2N2O3. The van der Waals surface area contributed by atoms with E-state index in [4.69, 9.17) is 9.15 Å². The summed E-state index contributed by atoms with van der Waals surface area (Å²) in [6.45, 7) is 0.463. The normalized spacial score (nSPS) is 10.8. The fourth-order valence-corrected chi connectivity index (χ4v) is 3.60. The molecule has 3 aromatic rings. The summed E-state index contributed by atoms with van der Waals surface area (Å²) in [5.74, 6) is 0.493.